The average Bonchev–Trinajstić information content (AvgIpc) is 2.70. The van der Waals surface area contributed by atoms with Crippen molar-refractivity contribution in [1.82, 2.24) is 5.32 Å². The van der Waals surface area contributed by atoms with Gasteiger partial charge in [0, 0.05) is 11.6 Å². The Morgan fingerprint density at radius 2 is 2.14 bits per heavy atom. The Hall–Kier alpha value is -1.02. The highest BCUT2D eigenvalue weighted by Crippen LogP contribution is 2.12. The van der Waals surface area contributed by atoms with E-state index >= 15 is 0 Å². The minimum absolute atomic E-state index is 0.450. The lowest BCUT2D eigenvalue weighted by Crippen LogP contribution is -2.15. The first-order chi connectivity index (χ1) is 6.84. The van der Waals surface area contributed by atoms with E-state index in [1.54, 1.807) is 6.34 Å². The second-order valence-electron chi connectivity index (χ2n) is 3.51. The molecule has 0 fully saturated rings. The van der Waals surface area contributed by atoms with Crippen molar-refractivity contribution in [3.63, 3.8) is 0 Å². The van der Waals surface area contributed by atoms with E-state index in [1.165, 1.54) is 5.56 Å². The van der Waals surface area contributed by atoms with Gasteiger partial charge in [0.05, 0.1) is 12.4 Å². The monoisotopic (exact) mass is 208 g/mol. The number of hydrogen-bond acceptors (Lipinski definition) is 2. The largest absolute Gasteiger partial charge is 0.374 e. The predicted molar refractivity (Wildman–Crippen MR) is 60.1 cm³/mol. The third-order valence-corrected chi connectivity index (χ3v) is 2.66. The number of nitrogens with one attached hydrogen (secondary N) is 1. The van der Waals surface area contributed by atoms with Gasteiger partial charge in [0.2, 0.25) is 0 Å². The molecular weight excluding hydrogens is 196 g/mol. The molecule has 1 aromatic carbocycles. The lowest BCUT2D eigenvalue weighted by molar-refractivity contribution is 0.635. The van der Waals surface area contributed by atoms with Crippen molar-refractivity contribution in [1.29, 1.82) is 0 Å². The highest BCUT2D eigenvalue weighted by molar-refractivity contribution is 6.30. The van der Waals surface area contributed by atoms with Crippen molar-refractivity contribution in [3.8, 4) is 0 Å². The fourth-order valence-corrected chi connectivity index (χ4v) is 1.69. The fourth-order valence-electron chi connectivity index (χ4n) is 1.56. The molecule has 0 saturated carbocycles. The van der Waals surface area contributed by atoms with Gasteiger partial charge in [-0.25, -0.2) is 0 Å². The smallest absolute Gasteiger partial charge is 0.0828 e. The summed E-state index contributed by atoms with van der Waals surface area (Å²) in [6, 6.07) is 8.48. The van der Waals surface area contributed by atoms with Crippen LogP contribution in [-0.4, -0.2) is 18.9 Å². The zero-order chi connectivity index (χ0) is 9.80. The van der Waals surface area contributed by atoms with Gasteiger partial charge in [0.15, 0.2) is 0 Å². The van der Waals surface area contributed by atoms with Gasteiger partial charge in [-0.05, 0) is 30.5 Å². The van der Waals surface area contributed by atoms with Crippen LogP contribution >= 0.6 is 11.6 Å². The van der Waals surface area contributed by atoms with Crippen molar-refractivity contribution in [2.24, 2.45) is 4.99 Å². The molecule has 1 unspecified atom stereocenters. The van der Waals surface area contributed by atoms with E-state index in [1.807, 2.05) is 12.1 Å². The maximum Gasteiger partial charge on any atom is 0.0828 e. The molecule has 1 N–H and O–H groups in total. The standard InChI is InChI=1S/C11H13ClN2/c12-10-4-1-9(2-5-10)3-6-11-7-13-8-14-11/h1-2,4-5,8,11H,3,6-7H2,(H,13,14). The van der Waals surface area contributed by atoms with Gasteiger partial charge in [-0.2, -0.15) is 0 Å². The SMILES string of the molecule is Clc1ccc(CCC2CNC=N2)cc1. The second kappa shape index (κ2) is 4.47. The van der Waals surface area contributed by atoms with E-state index in [-0.39, 0.29) is 0 Å². The molecule has 0 aliphatic carbocycles. The molecule has 1 aromatic rings. The van der Waals surface area contributed by atoms with Crippen molar-refractivity contribution >= 4 is 17.9 Å². The molecular formula is C11H13ClN2. The molecule has 0 aromatic heterocycles. The molecule has 1 aliphatic rings. The maximum atomic E-state index is 5.81. The summed E-state index contributed by atoms with van der Waals surface area (Å²) in [6.07, 6.45) is 3.97. The molecule has 1 heterocycles. The summed E-state index contributed by atoms with van der Waals surface area (Å²) in [5.74, 6) is 0. The topological polar surface area (TPSA) is 24.4 Å². The summed E-state index contributed by atoms with van der Waals surface area (Å²) in [4.78, 5) is 4.31. The molecule has 14 heavy (non-hydrogen) atoms. The molecule has 2 nitrogen and oxygen atoms in total. The van der Waals surface area contributed by atoms with Crippen LogP contribution in [0.1, 0.15) is 12.0 Å². The number of rotatable bonds is 3. The first kappa shape index (κ1) is 9.53. The molecule has 2 rings (SSSR count). The lowest BCUT2D eigenvalue weighted by Gasteiger charge is -2.05. The molecule has 3 heteroatoms. The highest BCUT2D eigenvalue weighted by Gasteiger charge is 2.09. The van der Waals surface area contributed by atoms with Crippen LogP contribution in [0.25, 0.3) is 0 Å². The number of aliphatic imine (C=N–C) groups is 1. The van der Waals surface area contributed by atoms with Gasteiger partial charge in [0.25, 0.3) is 0 Å². The summed E-state index contributed by atoms with van der Waals surface area (Å²) < 4.78 is 0. The molecule has 0 saturated heterocycles. The average molecular weight is 209 g/mol. The third kappa shape index (κ3) is 2.48. The van der Waals surface area contributed by atoms with Crippen molar-refractivity contribution in [2.75, 3.05) is 6.54 Å². The van der Waals surface area contributed by atoms with Crippen LogP contribution < -0.4 is 5.32 Å². The zero-order valence-electron chi connectivity index (χ0n) is 7.91. The molecule has 0 radical (unpaired) electrons. The van der Waals surface area contributed by atoms with Crippen molar-refractivity contribution in [3.05, 3.63) is 34.9 Å². The van der Waals surface area contributed by atoms with Gasteiger partial charge in [0.1, 0.15) is 0 Å². The summed E-state index contributed by atoms with van der Waals surface area (Å²) in [7, 11) is 0. The third-order valence-electron chi connectivity index (χ3n) is 2.41. The van der Waals surface area contributed by atoms with E-state index in [0.717, 1.165) is 24.4 Å². The quantitative estimate of drug-likeness (QED) is 0.810. The van der Waals surface area contributed by atoms with Crippen molar-refractivity contribution in [2.45, 2.75) is 18.9 Å². The number of nitrogens with zero attached hydrogens (tertiary/aromatic N) is 1. The Bertz CT molecular complexity index is 319. The van der Waals surface area contributed by atoms with E-state index in [0.29, 0.717) is 6.04 Å². The summed E-state index contributed by atoms with van der Waals surface area (Å²) in [5.41, 5.74) is 1.33. The predicted octanol–water partition coefficient (Wildman–Crippen LogP) is 2.27. The molecule has 1 atom stereocenters. The Morgan fingerprint density at radius 1 is 1.36 bits per heavy atom. The van der Waals surface area contributed by atoms with E-state index < -0.39 is 0 Å². The number of benzene rings is 1. The van der Waals surface area contributed by atoms with Crippen molar-refractivity contribution < 1.29 is 0 Å². The number of hydrogen-bond donors (Lipinski definition) is 1. The zero-order valence-corrected chi connectivity index (χ0v) is 8.67. The molecule has 0 bridgehead atoms. The van der Waals surface area contributed by atoms with Crippen LogP contribution in [0.2, 0.25) is 5.02 Å². The molecule has 0 amide bonds. The van der Waals surface area contributed by atoms with E-state index in [2.05, 4.69) is 22.4 Å². The highest BCUT2D eigenvalue weighted by atomic mass is 35.5. The summed E-state index contributed by atoms with van der Waals surface area (Å²) in [5, 5.41) is 3.91. The normalized spacial score (nSPS) is 19.6. The number of aryl methyl sites for hydroxylation is 1. The van der Waals surface area contributed by atoms with Gasteiger partial charge < -0.3 is 5.32 Å². The Morgan fingerprint density at radius 3 is 2.79 bits per heavy atom. The van der Waals surface area contributed by atoms with Crippen LogP contribution in [0.5, 0.6) is 0 Å². The van der Waals surface area contributed by atoms with Gasteiger partial charge in [-0.1, -0.05) is 23.7 Å². The van der Waals surface area contributed by atoms with Crippen LogP contribution in [-0.2, 0) is 6.42 Å². The minimum atomic E-state index is 0.450. The van der Waals surface area contributed by atoms with Crippen LogP contribution in [0, 0.1) is 0 Å². The molecule has 74 valence electrons. The van der Waals surface area contributed by atoms with Crippen LogP contribution in [0.3, 0.4) is 0 Å². The summed E-state index contributed by atoms with van der Waals surface area (Å²) >= 11 is 5.81. The van der Waals surface area contributed by atoms with E-state index in [9.17, 15) is 0 Å². The van der Waals surface area contributed by atoms with Gasteiger partial charge >= 0.3 is 0 Å². The lowest BCUT2D eigenvalue weighted by atomic mass is 10.1. The Kier molecular flexibility index (Phi) is 3.04. The second-order valence-corrected chi connectivity index (χ2v) is 3.94. The molecule has 1 aliphatic heterocycles. The van der Waals surface area contributed by atoms with Gasteiger partial charge in [-0.3, -0.25) is 4.99 Å². The van der Waals surface area contributed by atoms with Crippen LogP contribution in [0.15, 0.2) is 29.3 Å². The van der Waals surface area contributed by atoms with Gasteiger partial charge in [-0.15, -0.1) is 0 Å². The fraction of sp³-hybridized carbons (Fsp3) is 0.364. The van der Waals surface area contributed by atoms with E-state index in [4.69, 9.17) is 11.6 Å². The Labute approximate surface area is 89.0 Å². The summed E-state index contributed by atoms with van der Waals surface area (Å²) in [6.45, 7) is 0.980. The Balaban J connectivity index is 1.85. The number of halogens is 1. The molecule has 0 spiro atoms. The first-order valence-electron chi connectivity index (χ1n) is 4.84. The minimum Gasteiger partial charge on any atom is -0.374 e. The van der Waals surface area contributed by atoms with Crippen LogP contribution in [0.4, 0.5) is 0 Å². The first-order valence-corrected chi connectivity index (χ1v) is 5.22. The maximum absolute atomic E-state index is 5.81.